The largest absolute Gasteiger partial charge is 0.488 e. The monoisotopic (exact) mass is 430 g/mol. The zero-order chi connectivity index (χ0) is 21.6. The van der Waals surface area contributed by atoms with Gasteiger partial charge in [-0.3, -0.25) is 4.79 Å². The van der Waals surface area contributed by atoms with Crippen LogP contribution in [-0.2, 0) is 11.2 Å². The van der Waals surface area contributed by atoms with Gasteiger partial charge in [-0.05, 0) is 56.7 Å². The Hall–Kier alpha value is -2.54. The zero-order valence-electron chi connectivity index (χ0n) is 17.8. The number of hydrogen-bond acceptors (Lipinski definition) is 5. The van der Waals surface area contributed by atoms with Crippen LogP contribution in [0.1, 0.15) is 48.8 Å². The molecule has 30 heavy (non-hydrogen) atoms. The predicted octanol–water partition coefficient (Wildman–Crippen LogP) is 4.50. The molecule has 0 fully saturated rings. The maximum absolute atomic E-state index is 12.7. The van der Waals surface area contributed by atoms with Gasteiger partial charge in [0.25, 0.3) is 5.91 Å². The summed E-state index contributed by atoms with van der Waals surface area (Å²) in [6.07, 6.45) is 1.93. The lowest BCUT2D eigenvalue weighted by molar-refractivity contribution is 0.0179. The molecule has 162 valence electrons. The van der Waals surface area contributed by atoms with E-state index in [4.69, 9.17) is 9.47 Å². The quantitative estimate of drug-likeness (QED) is 0.626. The summed E-state index contributed by atoms with van der Waals surface area (Å²) in [7, 11) is 0. The maximum Gasteiger partial charge on any atom is 0.410 e. The van der Waals surface area contributed by atoms with Crippen molar-refractivity contribution in [2.75, 3.05) is 19.6 Å². The highest BCUT2D eigenvalue weighted by atomic mass is 32.1. The molecule has 1 aromatic carbocycles. The van der Waals surface area contributed by atoms with Gasteiger partial charge in [-0.1, -0.05) is 24.3 Å². The Morgan fingerprint density at radius 1 is 1.20 bits per heavy atom. The molecule has 1 atom stereocenters. The predicted molar refractivity (Wildman–Crippen MR) is 118 cm³/mol. The third-order valence-corrected chi connectivity index (χ3v) is 5.54. The number of unbranched alkanes of at least 4 members (excludes halogenated alkanes) is 1. The summed E-state index contributed by atoms with van der Waals surface area (Å²) in [6.45, 7) is 7.21. The summed E-state index contributed by atoms with van der Waals surface area (Å²) >= 11 is 1.43. The van der Waals surface area contributed by atoms with Crippen LogP contribution in [0.4, 0.5) is 4.79 Å². The Labute approximate surface area is 182 Å². The van der Waals surface area contributed by atoms with Crippen LogP contribution < -0.4 is 10.1 Å². The SMILES string of the molecule is CC(C)(C)OC(=O)N(CCCCNC(=O)c1cccs1)CC1Cc2ccccc2O1. The summed E-state index contributed by atoms with van der Waals surface area (Å²) in [5.41, 5.74) is 0.617. The van der Waals surface area contributed by atoms with Crippen molar-refractivity contribution in [1.29, 1.82) is 0 Å². The molecule has 0 saturated carbocycles. The third-order valence-electron chi connectivity index (χ3n) is 4.67. The van der Waals surface area contributed by atoms with Gasteiger partial charge >= 0.3 is 6.09 Å². The van der Waals surface area contributed by atoms with Crippen LogP contribution >= 0.6 is 11.3 Å². The van der Waals surface area contributed by atoms with Crippen molar-refractivity contribution < 1.29 is 19.1 Å². The molecule has 0 spiro atoms. The van der Waals surface area contributed by atoms with E-state index >= 15 is 0 Å². The maximum atomic E-state index is 12.7. The molecule has 1 aliphatic rings. The molecule has 1 aromatic heterocycles. The fourth-order valence-electron chi connectivity index (χ4n) is 3.31. The highest BCUT2D eigenvalue weighted by molar-refractivity contribution is 7.12. The lowest BCUT2D eigenvalue weighted by Gasteiger charge is -2.29. The lowest BCUT2D eigenvalue weighted by atomic mass is 10.1. The van der Waals surface area contributed by atoms with Gasteiger partial charge in [0.05, 0.1) is 11.4 Å². The number of thiophene rings is 1. The van der Waals surface area contributed by atoms with E-state index in [0.29, 0.717) is 24.5 Å². The third kappa shape index (κ3) is 6.49. The van der Waals surface area contributed by atoms with E-state index in [2.05, 4.69) is 11.4 Å². The minimum atomic E-state index is -0.552. The first-order valence-corrected chi connectivity index (χ1v) is 11.2. The fourth-order valence-corrected chi connectivity index (χ4v) is 3.95. The molecule has 6 nitrogen and oxygen atoms in total. The van der Waals surface area contributed by atoms with E-state index in [-0.39, 0.29) is 18.1 Å². The number of hydrogen-bond donors (Lipinski definition) is 1. The van der Waals surface area contributed by atoms with E-state index < -0.39 is 5.60 Å². The second-order valence-electron chi connectivity index (χ2n) is 8.42. The highest BCUT2D eigenvalue weighted by Crippen LogP contribution is 2.28. The van der Waals surface area contributed by atoms with Gasteiger partial charge in [0.15, 0.2) is 0 Å². The molecule has 1 unspecified atom stereocenters. The second kappa shape index (κ2) is 9.98. The van der Waals surface area contributed by atoms with E-state index in [1.165, 1.54) is 16.9 Å². The number of rotatable bonds is 8. The van der Waals surface area contributed by atoms with Crippen molar-refractivity contribution in [2.24, 2.45) is 0 Å². The number of para-hydroxylation sites is 1. The topological polar surface area (TPSA) is 67.9 Å². The number of fused-ring (bicyclic) bond motifs is 1. The molecule has 2 heterocycles. The molecule has 1 aliphatic heterocycles. The molecule has 0 aliphatic carbocycles. The van der Waals surface area contributed by atoms with Crippen molar-refractivity contribution in [3.05, 3.63) is 52.2 Å². The molecule has 0 saturated heterocycles. The van der Waals surface area contributed by atoms with Crippen molar-refractivity contribution in [3.8, 4) is 5.75 Å². The van der Waals surface area contributed by atoms with Crippen molar-refractivity contribution >= 4 is 23.3 Å². The second-order valence-corrected chi connectivity index (χ2v) is 9.37. The van der Waals surface area contributed by atoms with Gasteiger partial charge in [-0.2, -0.15) is 0 Å². The molecule has 0 radical (unpaired) electrons. The van der Waals surface area contributed by atoms with Gasteiger partial charge in [0.1, 0.15) is 17.5 Å². The summed E-state index contributed by atoms with van der Waals surface area (Å²) < 4.78 is 11.6. The van der Waals surface area contributed by atoms with Crippen molar-refractivity contribution in [3.63, 3.8) is 0 Å². The summed E-state index contributed by atoms with van der Waals surface area (Å²) in [4.78, 5) is 27.2. The molecule has 7 heteroatoms. The van der Waals surface area contributed by atoms with Gasteiger partial charge < -0.3 is 19.7 Å². The van der Waals surface area contributed by atoms with Gasteiger partial charge in [0, 0.05) is 19.5 Å². The summed E-state index contributed by atoms with van der Waals surface area (Å²) in [5.74, 6) is 0.842. The smallest absolute Gasteiger partial charge is 0.410 e. The molecule has 2 aromatic rings. The average Bonchev–Trinajstić information content (AvgIpc) is 3.34. The Bertz CT molecular complexity index is 820. The van der Waals surface area contributed by atoms with Crippen molar-refractivity contribution in [2.45, 2.75) is 51.7 Å². The summed E-state index contributed by atoms with van der Waals surface area (Å²) in [6, 6.07) is 11.6. The first-order valence-electron chi connectivity index (χ1n) is 10.4. The number of nitrogens with one attached hydrogen (secondary N) is 1. The van der Waals surface area contributed by atoms with Crippen LogP contribution in [-0.4, -0.2) is 48.2 Å². The van der Waals surface area contributed by atoms with E-state index in [9.17, 15) is 9.59 Å². The zero-order valence-corrected chi connectivity index (χ0v) is 18.7. The molecule has 0 bridgehead atoms. The normalized spacial score (nSPS) is 15.2. The van der Waals surface area contributed by atoms with Gasteiger partial charge in [-0.15, -0.1) is 11.3 Å². The minimum absolute atomic E-state index is 0.0499. The first kappa shape index (κ1) is 22.2. The van der Waals surface area contributed by atoms with Gasteiger partial charge in [-0.25, -0.2) is 4.79 Å². The van der Waals surface area contributed by atoms with E-state index in [1.54, 1.807) is 4.90 Å². The molecule has 2 amide bonds. The van der Waals surface area contributed by atoms with E-state index in [1.807, 2.05) is 56.5 Å². The first-order chi connectivity index (χ1) is 14.3. The van der Waals surface area contributed by atoms with Gasteiger partial charge in [0.2, 0.25) is 0 Å². The molecular formula is C23H30N2O4S. The number of nitrogens with zero attached hydrogens (tertiary/aromatic N) is 1. The lowest BCUT2D eigenvalue weighted by Crippen LogP contribution is -2.42. The Morgan fingerprint density at radius 2 is 2.00 bits per heavy atom. The van der Waals surface area contributed by atoms with E-state index in [0.717, 1.165) is 25.0 Å². The Kier molecular flexibility index (Phi) is 7.37. The number of carbonyl (C=O) groups excluding carboxylic acids is 2. The van der Waals surface area contributed by atoms with Crippen LogP contribution in [0.15, 0.2) is 41.8 Å². The highest BCUT2D eigenvalue weighted by Gasteiger charge is 2.29. The van der Waals surface area contributed by atoms with Crippen LogP contribution in [0.25, 0.3) is 0 Å². The number of benzene rings is 1. The minimum Gasteiger partial charge on any atom is -0.488 e. The van der Waals surface area contributed by atoms with Crippen LogP contribution in [0.5, 0.6) is 5.75 Å². The standard InChI is InChI=1S/C23H30N2O4S/c1-23(2,3)29-22(27)25(16-18-15-17-9-4-5-10-19(17)28-18)13-7-6-12-24-21(26)20-11-8-14-30-20/h4-5,8-11,14,18H,6-7,12-13,15-16H2,1-3H3,(H,24,26). The van der Waals surface area contributed by atoms with Crippen molar-refractivity contribution in [1.82, 2.24) is 10.2 Å². The van der Waals surface area contributed by atoms with Crippen LogP contribution in [0.3, 0.4) is 0 Å². The summed E-state index contributed by atoms with van der Waals surface area (Å²) in [5, 5.41) is 4.81. The van der Waals surface area contributed by atoms with Crippen LogP contribution in [0.2, 0.25) is 0 Å². The number of ether oxygens (including phenoxy) is 2. The van der Waals surface area contributed by atoms with Crippen LogP contribution in [0, 0.1) is 0 Å². The molecule has 1 N–H and O–H groups in total. The number of amides is 2. The molecular weight excluding hydrogens is 400 g/mol. The molecule has 3 rings (SSSR count). The fraction of sp³-hybridized carbons (Fsp3) is 0.478. The number of carbonyl (C=O) groups is 2. The average molecular weight is 431 g/mol. The Balaban J connectivity index is 1.49. The Morgan fingerprint density at radius 3 is 2.70 bits per heavy atom.